The monoisotopic (exact) mass is 280 g/mol. The Labute approximate surface area is 109 Å². The molecule has 1 aliphatic rings. The van der Waals surface area contributed by atoms with Gasteiger partial charge in [0.15, 0.2) is 0 Å². The zero-order valence-corrected chi connectivity index (χ0v) is 10.4. The number of halogens is 3. The minimum atomic E-state index is -3.08. The number of aromatic nitrogens is 2. The molecule has 0 atom stereocenters. The molecule has 0 aromatic carbocycles. The van der Waals surface area contributed by atoms with Crippen molar-refractivity contribution in [2.24, 2.45) is 5.73 Å². The Bertz CT molecular complexity index is 420. The summed E-state index contributed by atoms with van der Waals surface area (Å²) >= 11 is 0. The molecular formula is C10H15ClF2N4O. The zero-order valence-electron chi connectivity index (χ0n) is 9.58. The zero-order chi connectivity index (χ0) is 12.5. The van der Waals surface area contributed by atoms with Gasteiger partial charge in [-0.1, -0.05) is 0 Å². The normalized spacial score (nSPS) is 15.1. The molecule has 1 fully saturated rings. The first kappa shape index (κ1) is 14.8. The fourth-order valence-electron chi connectivity index (χ4n) is 1.43. The van der Waals surface area contributed by atoms with Crippen molar-refractivity contribution in [3.63, 3.8) is 0 Å². The highest BCUT2D eigenvalue weighted by molar-refractivity contribution is 5.92. The van der Waals surface area contributed by atoms with Gasteiger partial charge in [0, 0.05) is 11.6 Å². The van der Waals surface area contributed by atoms with Gasteiger partial charge in [-0.3, -0.25) is 9.89 Å². The first-order valence-corrected chi connectivity index (χ1v) is 5.43. The predicted molar refractivity (Wildman–Crippen MR) is 64.1 cm³/mol. The van der Waals surface area contributed by atoms with Crippen LogP contribution in [0.1, 0.15) is 34.9 Å². The molecule has 1 heterocycles. The minimum absolute atomic E-state index is 0. The van der Waals surface area contributed by atoms with Gasteiger partial charge in [0.2, 0.25) is 0 Å². The van der Waals surface area contributed by atoms with Gasteiger partial charge >= 0.3 is 0 Å². The van der Waals surface area contributed by atoms with E-state index >= 15 is 0 Å². The van der Waals surface area contributed by atoms with Gasteiger partial charge in [-0.05, 0) is 18.9 Å². The van der Waals surface area contributed by atoms with Crippen LogP contribution in [0.25, 0.3) is 0 Å². The quantitative estimate of drug-likeness (QED) is 0.753. The van der Waals surface area contributed by atoms with Gasteiger partial charge in [0.25, 0.3) is 11.8 Å². The van der Waals surface area contributed by atoms with Crippen LogP contribution in [0.4, 0.5) is 8.78 Å². The van der Waals surface area contributed by atoms with E-state index in [1.165, 1.54) is 0 Å². The molecule has 1 aromatic heterocycles. The van der Waals surface area contributed by atoms with E-state index in [4.69, 9.17) is 5.73 Å². The highest BCUT2D eigenvalue weighted by Gasteiger charge is 2.29. The summed E-state index contributed by atoms with van der Waals surface area (Å²) in [5, 5.41) is 8.64. The number of rotatable bonds is 5. The van der Waals surface area contributed by atoms with Gasteiger partial charge in [0.05, 0.1) is 13.1 Å². The second kappa shape index (κ2) is 5.62. The van der Waals surface area contributed by atoms with Gasteiger partial charge < -0.3 is 11.1 Å². The number of nitrogens with one attached hydrogen (secondary N) is 2. The summed E-state index contributed by atoms with van der Waals surface area (Å²) < 4.78 is 25.6. The maximum atomic E-state index is 12.8. The maximum absolute atomic E-state index is 12.8. The SMILES string of the molecule is Cl.NCC(F)(F)CNC(=O)c1cc(C2CC2)[nH]n1. The second-order valence-electron chi connectivity index (χ2n) is 4.23. The molecular weight excluding hydrogens is 266 g/mol. The molecule has 0 saturated heterocycles. The third-order valence-corrected chi connectivity index (χ3v) is 2.65. The smallest absolute Gasteiger partial charge is 0.277 e. The minimum Gasteiger partial charge on any atom is -0.345 e. The predicted octanol–water partition coefficient (Wildman–Crippen LogP) is 1.03. The van der Waals surface area contributed by atoms with Crippen molar-refractivity contribution in [1.82, 2.24) is 15.5 Å². The Kier molecular flexibility index (Phi) is 4.64. The molecule has 1 aromatic rings. The average Bonchev–Trinajstić information content (AvgIpc) is 3.04. The van der Waals surface area contributed by atoms with Crippen molar-refractivity contribution in [2.45, 2.75) is 24.7 Å². The lowest BCUT2D eigenvalue weighted by molar-refractivity contribution is 0.0118. The van der Waals surface area contributed by atoms with E-state index in [1.807, 2.05) is 0 Å². The van der Waals surface area contributed by atoms with E-state index in [9.17, 15) is 13.6 Å². The number of carbonyl (C=O) groups excluding carboxylic acids is 1. The van der Waals surface area contributed by atoms with Crippen molar-refractivity contribution in [1.29, 1.82) is 0 Å². The van der Waals surface area contributed by atoms with Crippen molar-refractivity contribution in [3.8, 4) is 0 Å². The van der Waals surface area contributed by atoms with Crippen LogP contribution in [-0.4, -0.2) is 35.1 Å². The molecule has 1 amide bonds. The summed E-state index contributed by atoms with van der Waals surface area (Å²) in [5.74, 6) is -3.25. The van der Waals surface area contributed by atoms with Crippen LogP contribution >= 0.6 is 12.4 Å². The number of hydrogen-bond acceptors (Lipinski definition) is 3. The van der Waals surface area contributed by atoms with E-state index in [-0.39, 0.29) is 18.1 Å². The molecule has 1 saturated carbocycles. The van der Waals surface area contributed by atoms with E-state index in [1.54, 1.807) is 6.07 Å². The lowest BCUT2D eigenvalue weighted by Gasteiger charge is -2.13. The van der Waals surface area contributed by atoms with Crippen LogP contribution in [0.2, 0.25) is 0 Å². The highest BCUT2D eigenvalue weighted by atomic mass is 35.5. The Morgan fingerprint density at radius 2 is 2.28 bits per heavy atom. The van der Waals surface area contributed by atoms with Gasteiger partial charge in [-0.15, -0.1) is 12.4 Å². The Morgan fingerprint density at radius 1 is 1.61 bits per heavy atom. The van der Waals surface area contributed by atoms with E-state index in [0.717, 1.165) is 18.5 Å². The van der Waals surface area contributed by atoms with Gasteiger partial charge in [-0.2, -0.15) is 5.10 Å². The molecule has 102 valence electrons. The topological polar surface area (TPSA) is 83.8 Å². The third kappa shape index (κ3) is 3.64. The Morgan fingerprint density at radius 3 is 2.83 bits per heavy atom. The van der Waals surface area contributed by atoms with Crippen LogP contribution in [0.3, 0.4) is 0 Å². The van der Waals surface area contributed by atoms with E-state index < -0.39 is 24.9 Å². The third-order valence-electron chi connectivity index (χ3n) is 2.65. The lowest BCUT2D eigenvalue weighted by atomic mass is 10.2. The number of aromatic amines is 1. The summed E-state index contributed by atoms with van der Waals surface area (Å²) in [6, 6.07) is 1.60. The molecule has 5 nitrogen and oxygen atoms in total. The first-order valence-electron chi connectivity index (χ1n) is 5.43. The molecule has 0 bridgehead atoms. The van der Waals surface area contributed by atoms with Gasteiger partial charge in [-0.25, -0.2) is 8.78 Å². The number of H-pyrrole nitrogens is 1. The summed E-state index contributed by atoms with van der Waals surface area (Å²) in [4.78, 5) is 11.5. The van der Waals surface area contributed by atoms with E-state index in [0.29, 0.717) is 5.92 Å². The average molecular weight is 281 g/mol. The molecule has 0 unspecified atom stereocenters. The number of nitrogens with zero attached hydrogens (tertiary/aromatic N) is 1. The standard InChI is InChI=1S/C10H14F2N4O.ClH/c11-10(12,4-13)5-14-9(17)8-3-7(15-16-8)6-1-2-6;/h3,6H,1-2,4-5,13H2,(H,14,17)(H,15,16);1H. The van der Waals surface area contributed by atoms with Crippen LogP contribution in [0, 0.1) is 0 Å². The lowest BCUT2D eigenvalue weighted by Crippen LogP contribution is -2.41. The number of alkyl halides is 2. The fraction of sp³-hybridized carbons (Fsp3) is 0.600. The molecule has 0 radical (unpaired) electrons. The van der Waals surface area contributed by atoms with Crippen molar-refractivity contribution < 1.29 is 13.6 Å². The highest BCUT2D eigenvalue weighted by Crippen LogP contribution is 2.38. The molecule has 18 heavy (non-hydrogen) atoms. The second-order valence-corrected chi connectivity index (χ2v) is 4.23. The molecule has 0 aliphatic heterocycles. The number of nitrogens with two attached hydrogens (primary N) is 1. The van der Waals surface area contributed by atoms with Crippen molar-refractivity contribution in [3.05, 3.63) is 17.5 Å². The van der Waals surface area contributed by atoms with Crippen LogP contribution in [0.5, 0.6) is 0 Å². The Balaban J connectivity index is 0.00000162. The molecule has 8 heteroatoms. The maximum Gasteiger partial charge on any atom is 0.277 e. The van der Waals surface area contributed by atoms with Crippen molar-refractivity contribution >= 4 is 18.3 Å². The van der Waals surface area contributed by atoms with Crippen LogP contribution in [-0.2, 0) is 0 Å². The molecule has 1 aliphatic carbocycles. The molecule has 2 rings (SSSR count). The van der Waals surface area contributed by atoms with Crippen LogP contribution < -0.4 is 11.1 Å². The summed E-state index contributed by atoms with van der Waals surface area (Å²) in [6.07, 6.45) is 2.16. The summed E-state index contributed by atoms with van der Waals surface area (Å²) in [6.45, 7) is -1.56. The number of carbonyl (C=O) groups is 1. The largest absolute Gasteiger partial charge is 0.345 e. The first-order chi connectivity index (χ1) is 8.02. The number of hydrogen-bond donors (Lipinski definition) is 3. The van der Waals surface area contributed by atoms with Crippen molar-refractivity contribution in [2.75, 3.05) is 13.1 Å². The molecule has 0 spiro atoms. The molecule has 4 N–H and O–H groups in total. The van der Waals surface area contributed by atoms with Gasteiger partial charge in [0.1, 0.15) is 5.69 Å². The summed E-state index contributed by atoms with van der Waals surface area (Å²) in [7, 11) is 0. The number of amides is 1. The summed E-state index contributed by atoms with van der Waals surface area (Å²) in [5.41, 5.74) is 5.89. The fourth-order valence-corrected chi connectivity index (χ4v) is 1.43. The Hall–Kier alpha value is -1.21. The van der Waals surface area contributed by atoms with E-state index in [2.05, 4.69) is 15.5 Å². The van der Waals surface area contributed by atoms with Crippen LogP contribution in [0.15, 0.2) is 6.07 Å².